The Morgan fingerprint density at radius 3 is 2.75 bits per heavy atom. The highest BCUT2D eigenvalue weighted by molar-refractivity contribution is 8.22. The summed E-state index contributed by atoms with van der Waals surface area (Å²) in [6, 6.07) is 0. The van der Waals surface area contributed by atoms with E-state index < -0.39 is 0 Å². The highest BCUT2D eigenvalue weighted by Crippen LogP contribution is 2.05. The summed E-state index contributed by atoms with van der Waals surface area (Å²) in [5.74, 6) is 1.72. The lowest BCUT2D eigenvalue weighted by Crippen LogP contribution is -2.08. The van der Waals surface area contributed by atoms with Crippen molar-refractivity contribution in [1.82, 2.24) is 14.8 Å². The second-order valence-electron chi connectivity index (χ2n) is 2.31. The molecule has 0 aliphatic heterocycles. The minimum atomic E-state index is 0.750. The number of hydrogen-bond acceptors (Lipinski definition) is 4. The first-order valence-corrected chi connectivity index (χ1v) is 5.33. The molecule has 0 bridgehead atoms. The van der Waals surface area contributed by atoms with Crippen LogP contribution in [-0.2, 0) is 6.42 Å². The van der Waals surface area contributed by atoms with Gasteiger partial charge in [-0.15, -0.1) is 5.10 Å². The van der Waals surface area contributed by atoms with Gasteiger partial charge in [-0.1, -0.05) is 30.9 Å². The second kappa shape index (κ2) is 4.00. The molecule has 0 N–H and O–H groups in total. The summed E-state index contributed by atoms with van der Waals surface area (Å²) < 4.78 is 2.46. The largest absolute Gasteiger partial charge is 0.216 e. The van der Waals surface area contributed by atoms with Gasteiger partial charge in [-0.25, -0.2) is 9.67 Å². The molecular weight excluding hydrogens is 190 g/mol. The van der Waals surface area contributed by atoms with Gasteiger partial charge in [-0.3, -0.25) is 0 Å². The average molecular weight is 201 g/mol. The molecule has 0 fully saturated rings. The molecule has 0 amide bonds. The van der Waals surface area contributed by atoms with Crippen LogP contribution in [0.3, 0.4) is 0 Å². The van der Waals surface area contributed by atoms with Gasteiger partial charge in [0.05, 0.1) is 0 Å². The van der Waals surface area contributed by atoms with E-state index in [1.165, 1.54) is 11.8 Å². The molecule has 3 nitrogen and oxygen atoms in total. The van der Waals surface area contributed by atoms with Gasteiger partial charge in [-0.2, -0.15) is 0 Å². The zero-order chi connectivity index (χ0) is 9.14. The van der Waals surface area contributed by atoms with Crippen LogP contribution in [0.15, 0.2) is 0 Å². The minimum Gasteiger partial charge on any atom is -0.216 e. The topological polar surface area (TPSA) is 30.7 Å². The third-order valence-electron chi connectivity index (χ3n) is 1.48. The predicted octanol–water partition coefficient (Wildman–Crippen LogP) is 1.64. The molecule has 1 rings (SSSR count). The summed E-state index contributed by atoms with van der Waals surface area (Å²) in [5, 5.41) is 4.24. The highest BCUT2D eigenvalue weighted by Gasteiger charge is 2.06. The molecule has 1 aromatic heterocycles. The summed E-state index contributed by atoms with van der Waals surface area (Å²) in [6.45, 7) is 3.94. The summed E-state index contributed by atoms with van der Waals surface area (Å²) in [6.07, 6.45) is 2.79. The smallest absolute Gasteiger partial charge is 0.163 e. The Morgan fingerprint density at radius 1 is 1.67 bits per heavy atom. The minimum absolute atomic E-state index is 0.750. The molecule has 0 radical (unpaired) electrons. The van der Waals surface area contributed by atoms with Gasteiger partial charge < -0.3 is 0 Å². The first-order valence-electron chi connectivity index (χ1n) is 3.70. The van der Waals surface area contributed by atoms with Crippen LogP contribution >= 0.6 is 24.0 Å². The Hall–Kier alpha value is -0.420. The van der Waals surface area contributed by atoms with E-state index >= 15 is 0 Å². The van der Waals surface area contributed by atoms with E-state index in [2.05, 4.69) is 10.1 Å². The molecular formula is C7H11N3S2. The number of aryl methyl sites for hydroxylation is 2. The Morgan fingerprint density at radius 2 is 2.33 bits per heavy atom. The Balaban J connectivity index is 2.99. The van der Waals surface area contributed by atoms with E-state index in [1.54, 1.807) is 4.68 Å². The molecule has 0 aliphatic rings. The van der Waals surface area contributed by atoms with Gasteiger partial charge in [0.15, 0.2) is 10.1 Å². The molecule has 0 spiro atoms. The molecule has 0 saturated carbocycles. The van der Waals surface area contributed by atoms with Crippen molar-refractivity contribution in [3.05, 3.63) is 11.6 Å². The average Bonchev–Trinajstić information content (AvgIpc) is 2.45. The number of rotatable bonds is 1. The number of nitrogens with zero attached hydrogens (tertiary/aromatic N) is 3. The van der Waals surface area contributed by atoms with E-state index in [1.807, 2.05) is 20.1 Å². The number of thiocarbonyl (C=S) groups is 1. The highest BCUT2D eigenvalue weighted by atomic mass is 32.2. The summed E-state index contributed by atoms with van der Waals surface area (Å²) >= 11 is 6.60. The van der Waals surface area contributed by atoms with E-state index in [4.69, 9.17) is 12.2 Å². The lowest BCUT2D eigenvalue weighted by molar-refractivity contribution is 0.879. The Kier molecular flexibility index (Phi) is 3.22. The molecule has 1 heterocycles. The van der Waals surface area contributed by atoms with Crippen molar-refractivity contribution in [3.8, 4) is 0 Å². The van der Waals surface area contributed by atoms with E-state index in [-0.39, 0.29) is 0 Å². The molecule has 1 aromatic rings. The van der Waals surface area contributed by atoms with E-state index in [0.29, 0.717) is 0 Å². The van der Waals surface area contributed by atoms with Crippen molar-refractivity contribution in [2.24, 2.45) is 0 Å². The van der Waals surface area contributed by atoms with Gasteiger partial charge in [0.1, 0.15) is 5.82 Å². The van der Waals surface area contributed by atoms with Crippen LogP contribution in [0.2, 0.25) is 0 Å². The monoisotopic (exact) mass is 201 g/mol. The van der Waals surface area contributed by atoms with Crippen molar-refractivity contribution < 1.29 is 0 Å². The van der Waals surface area contributed by atoms with Crippen LogP contribution in [-0.4, -0.2) is 25.3 Å². The molecule has 0 unspecified atom stereocenters. The molecule has 5 heteroatoms. The lowest BCUT2D eigenvalue weighted by atomic mass is 10.5. The summed E-state index contributed by atoms with van der Waals surface area (Å²) in [5.41, 5.74) is 0. The van der Waals surface area contributed by atoms with Crippen molar-refractivity contribution in [2.75, 3.05) is 6.26 Å². The van der Waals surface area contributed by atoms with Gasteiger partial charge in [0, 0.05) is 6.42 Å². The third-order valence-corrected chi connectivity index (χ3v) is 2.67. The van der Waals surface area contributed by atoms with Gasteiger partial charge in [-0.05, 0) is 13.2 Å². The zero-order valence-corrected chi connectivity index (χ0v) is 9.00. The fourth-order valence-corrected chi connectivity index (χ4v) is 1.37. The Labute approximate surface area is 81.6 Å². The van der Waals surface area contributed by atoms with Crippen LogP contribution in [0.1, 0.15) is 18.6 Å². The van der Waals surface area contributed by atoms with E-state index in [0.717, 1.165) is 22.4 Å². The molecule has 0 atom stereocenters. The van der Waals surface area contributed by atoms with Crippen LogP contribution in [0.25, 0.3) is 0 Å². The maximum absolute atomic E-state index is 5.09. The maximum Gasteiger partial charge on any atom is 0.163 e. The lowest BCUT2D eigenvalue weighted by Gasteiger charge is -1.98. The third kappa shape index (κ3) is 1.84. The van der Waals surface area contributed by atoms with Crippen molar-refractivity contribution in [1.29, 1.82) is 0 Å². The number of aromatic nitrogens is 3. The second-order valence-corrected chi connectivity index (χ2v) is 3.75. The van der Waals surface area contributed by atoms with Gasteiger partial charge in [0.2, 0.25) is 0 Å². The van der Waals surface area contributed by atoms with Crippen molar-refractivity contribution in [3.63, 3.8) is 0 Å². The van der Waals surface area contributed by atoms with Crippen LogP contribution in [0, 0.1) is 6.92 Å². The first-order chi connectivity index (χ1) is 5.69. The zero-order valence-electron chi connectivity index (χ0n) is 7.37. The fraction of sp³-hybridized carbons (Fsp3) is 0.571. The maximum atomic E-state index is 5.09. The first kappa shape index (κ1) is 9.67. The normalized spacial score (nSPS) is 10.2. The van der Waals surface area contributed by atoms with E-state index in [9.17, 15) is 0 Å². The van der Waals surface area contributed by atoms with Crippen molar-refractivity contribution in [2.45, 2.75) is 20.3 Å². The van der Waals surface area contributed by atoms with Gasteiger partial charge >= 0.3 is 0 Å². The van der Waals surface area contributed by atoms with Crippen LogP contribution < -0.4 is 0 Å². The standard InChI is InChI=1S/C7H11N3S2/c1-4-6-8-5(2)10(9-6)7(11)12-3/h4H2,1-3H3. The van der Waals surface area contributed by atoms with Crippen molar-refractivity contribution >= 4 is 28.3 Å². The number of hydrogen-bond donors (Lipinski definition) is 0. The predicted molar refractivity (Wildman–Crippen MR) is 55.6 cm³/mol. The Bertz CT molecular complexity index is 293. The SMILES string of the molecule is CCc1nc(C)n(C(=S)SC)n1. The summed E-state index contributed by atoms with van der Waals surface area (Å²) in [7, 11) is 0. The molecule has 66 valence electrons. The van der Waals surface area contributed by atoms with Crippen LogP contribution in [0.4, 0.5) is 0 Å². The summed E-state index contributed by atoms with van der Waals surface area (Å²) in [4.78, 5) is 4.25. The quantitative estimate of drug-likeness (QED) is 0.646. The molecule has 0 saturated heterocycles. The number of thioether (sulfide) groups is 1. The molecule has 12 heavy (non-hydrogen) atoms. The fourth-order valence-electron chi connectivity index (χ4n) is 0.853. The molecule has 0 aromatic carbocycles. The molecule has 0 aliphatic carbocycles. The van der Waals surface area contributed by atoms with Crippen LogP contribution in [0.5, 0.6) is 0 Å². The van der Waals surface area contributed by atoms with Gasteiger partial charge in [0.25, 0.3) is 0 Å².